The van der Waals surface area contributed by atoms with E-state index in [1.807, 2.05) is 17.0 Å². The predicted octanol–water partition coefficient (Wildman–Crippen LogP) is 4.84. The Bertz CT molecular complexity index is 1750. The Morgan fingerprint density at radius 1 is 0.846 bits per heavy atom. The maximum Gasteiger partial charge on any atom is 0.254 e. The van der Waals surface area contributed by atoms with Crippen molar-refractivity contribution >= 4 is 34.4 Å². The first-order valence-corrected chi connectivity index (χ1v) is 18.5. The molecule has 4 heterocycles. The maximum atomic E-state index is 14.3. The van der Waals surface area contributed by atoms with E-state index in [0.29, 0.717) is 85.6 Å². The number of fused-ring (bicyclic) bond motifs is 5. The molecule has 13 heteroatoms. The number of amides is 3. The van der Waals surface area contributed by atoms with E-state index in [2.05, 4.69) is 15.2 Å². The summed E-state index contributed by atoms with van der Waals surface area (Å²) >= 11 is 0. The molecule has 0 radical (unpaired) electrons. The molecule has 2 aliphatic heterocycles. The van der Waals surface area contributed by atoms with Gasteiger partial charge in [0.2, 0.25) is 23.4 Å². The predicted molar refractivity (Wildman–Crippen MR) is 197 cm³/mol. The van der Waals surface area contributed by atoms with Crippen molar-refractivity contribution in [1.29, 1.82) is 0 Å². The van der Waals surface area contributed by atoms with E-state index in [1.165, 1.54) is 7.11 Å². The molecule has 1 saturated heterocycles. The third kappa shape index (κ3) is 8.45. The first-order chi connectivity index (χ1) is 25.3. The van der Waals surface area contributed by atoms with Crippen LogP contribution in [0.5, 0.6) is 23.1 Å². The number of carbonyl (C=O) groups is 3. The van der Waals surface area contributed by atoms with E-state index < -0.39 is 0 Å². The molecule has 1 atom stereocenters. The molecule has 52 heavy (non-hydrogen) atoms. The van der Waals surface area contributed by atoms with Crippen LogP contribution in [0.4, 0.5) is 5.82 Å². The van der Waals surface area contributed by atoms with Crippen molar-refractivity contribution in [2.45, 2.75) is 64.3 Å². The average Bonchev–Trinajstić information content (AvgIpc) is 3.69. The lowest BCUT2D eigenvalue weighted by Gasteiger charge is -2.36. The van der Waals surface area contributed by atoms with Gasteiger partial charge in [0.05, 0.1) is 40.5 Å². The normalized spacial score (nSPS) is 19.2. The molecule has 13 nitrogen and oxygen atoms in total. The van der Waals surface area contributed by atoms with E-state index >= 15 is 0 Å². The Morgan fingerprint density at radius 3 is 2.35 bits per heavy atom. The van der Waals surface area contributed by atoms with Crippen LogP contribution < -0.4 is 29.2 Å². The second-order valence-corrected chi connectivity index (χ2v) is 14.1. The topological polar surface area (TPSA) is 136 Å². The lowest BCUT2D eigenvalue weighted by Crippen LogP contribution is -2.46. The van der Waals surface area contributed by atoms with Gasteiger partial charge < -0.3 is 39.0 Å². The van der Waals surface area contributed by atoms with Crippen molar-refractivity contribution in [2.24, 2.45) is 11.8 Å². The first kappa shape index (κ1) is 37.0. The summed E-state index contributed by atoms with van der Waals surface area (Å²) in [4.78, 5) is 56.5. The highest BCUT2D eigenvalue weighted by Crippen LogP contribution is 2.44. The van der Waals surface area contributed by atoms with Crippen LogP contribution in [-0.2, 0) is 16.1 Å². The van der Waals surface area contributed by atoms with Gasteiger partial charge in [-0.1, -0.05) is 12.8 Å². The molecular weight excluding hydrogens is 664 g/mol. The summed E-state index contributed by atoms with van der Waals surface area (Å²) < 4.78 is 22.6. The van der Waals surface area contributed by atoms with Crippen molar-refractivity contribution in [3.63, 3.8) is 0 Å². The molecular formula is C39H52N6O7. The van der Waals surface area contributed by atoms with E-state index in [9.17, 15) is 14.4 Å². The molecule has 1 N–H and O–H groups in total. The Morgan fingerprint density at radius 2 is 1.62 bits per heavy atom. The van der Waals surface area contributed by atoms with Crippen LogP contribution in [0.2, 0.25) is 0 Å². The van der Waals surface area contributed by atoms with Gasteiger partial charge in [-0.3, -0.25) is 14.4 Å². The minimum absolute atomic E-state index is 0.0386. The van der Waals surface area contributed by atoms with E-state index in [4.69, 9.17) is 23.9 Å². The fourth-order valence-electron chi connectivity index (χ4n) is 7.91. The molecule has 3 aliphatic rings. The van der Waals surface area contributed by atoms with Crippen LogP contribution in [0.15, 0.2) is 30.5 Å². The zero-order chi connectivity index (χ0) is 36.6. The number of hydrogen-bond donors (Lipinski definition) is 1. The highest BCUT2D eigenvalue weighted by molar-refractivity contribution is 5.95. The van der Waals surface area contributed by atoms with Crippen molar-refractivity contribution in [2.75, 3.05) is 72.6 Å². The zero-order valence-electron chi connectivity index (χ0n) is 30.9. The van der Waals surface area contributed by atoms with Crippen molar-refractivity contribution in [3.8, 4) is 23.1 Å². The fraction of sp³-hybridized carbons (Fsp3) is 0.564. The molecule has 1 aliphatic carbocycles. The smallest absolute Gasteiger partial charge is 0.254 e. The number of methoxy groups -OCH3 is 4. The molecule has 2 bridgehead atoms. The van der Waals surface area contributed by atoms with Crippen molar-refractivity contribution in [3.05, 3.63) is 41.6 Å². The number of ether oxygens (including phenoxy) is 4. The number of pyridine rings is 2. The molecule has 1 unspecified atom stereocenters. The maximum absolute atomic E-state index is 14.3. The Kier molecular flexibility index (Phi) is 12.2. The van der Waals surface area contributed by atoms with Gasteiger partial charge in [-0.15, -0.1) is 0 Å². The zero-order valence-corrected chi connectivity index (χ0v) is 30.9. The lowest BCUT2D eigenvalue weighted by molar-refractivity contribution is -0.137. The third-order valence-electron chi connectivity index (χ3n) is 10.7. The number of nitrogens with zero attached hydrogens (tertiary/aromatic N) is 5. The number of nitrogens with one attached hydrogen (secondary N) is 1. The minimum atomic E-state index is -0.169. The highest BCUT2D eigenvalue weighted by atomic mass is 16.5. The van der Waals surface area contributed by atoms with Gasteiger partial charge in [0.15, 0.2) is 11.5 Å². The summed E-state index contributed by atoms with van der Waals surface area (Å²) in [6.07, 6.45) is 9.64. The molecule has 6 rings (SSSR count). The summed E-state index contributed by atoms with van der Waals surface area (Å²) in [5, 5.41) is 3.89. The standard InChI is InChI=1S/C39H52N6O7/c1-49-32-21-31-30(36(51-3)37(32)52-4)19-29-24-45(39(48)28-13-14-40-34(20-28)50-2)16-8-7-15-43(35(47)18-26-10-5-6-11-26)25-33(46)41-22-27-12-9-17-44(23-27)38(29)42-31/h13-14,19-21,26-27H,5-12,15-18,22-25H2,1-4H3,(H,41,46). The lowest BCUT2D eigenvalue weighted by atomic mass is 9.97. The Balaban J connectivity index is 1.39. The summed E-state index contributed by atoms with van der Waals surface area (Å²) in [7, 11) is 6.27. The molecule has 0 spiro atoms. The number of anilines is 1. The molecule has 1 saturated carbocycles. The second-order valence-electron chi connectivity index (χ2n) is 14.1. The molecule has 2 fully saturated rings. The van der Waals surface area contributed by atoms with Crippen molar-refractivity contribution in [1.82, 2.24) is 25.1 Å². The van der Waals surface area contributed by atoms with Crippen LogP contribution in [0.1, 0.15) is 73.7 Å². The largest absolute Gasteiger partial charge is 0.493 e. The van der Waals surface area contributed by atoms with Gasteiger partial charge in [0, 0.05) is 80.5 Å². The number of aromatic nitrogens is 2. The van der Waals surface area contributed by atoms with Gasteiger partial charge in [0.1, 0.15) is 5.82 Å². The SMILES string of the molecule is COc1cc(C(=O)N2CCCCN(C(=O)CC3CCCC3)CC(=O)NCC3CCCN(C3)c3nc4cc(OC)c(OC)c(OC)c4cc3C2)ccn1. The van der Waals surface area contributed by atoms with E-state index in [0.717, 1.165) is 61.8 Å². The quantitative estimate of drug-likeness (QED) is 0.362. The average molecular weight is 717 g/mol. The Labute approximate surface area is 305 Å². The monoisotopic (exact) mass is 716 g/mol. The fourth-order valence-corrected chi connectivity index (χ4v) is 7.91. The summed E-state index contributed by atoms with van der Waals surface area (Å²) in [6, 6.07) is 7.24. The number of rotatable bonds is 7. The van der Waals surface area contributed by atoms with Gasteiger partial charge in [-0.25, -0.2) is 9.97 Å². The van der Waals surface area contributed by atoms with Gasteiger partial charge in [-0.05, 0) is 62.5 Å². The van der Waals surface area contributed by atoms with Crippen LogP contribution in [0.25, 0.3) is 10.9 Å². The van der Waals surface area contributed by atoms with Crippen LogP contribution >= 0.6 is 0 Å². The van der Waals surface area contributed by atoms with Crippen LogP contribution in [0, 0.1) is 11.8 Å². The summed E-state index contributed by atoms with van der Waals surface area (Å²) in [6.45, 7) is 3.16. The minimum Gasteiger partial charge on any atom is -0.493 e. The molecule has 1 aromatic carbocycles. The van der Waals surface area contributed by atoms with E-state index in [1.54, 1.807) is 44.6 Å². The van der Waals surface area contributed by atoms with Crippen LogP contribution in [-0.4, -0.2) is 105 Å². The molecule has 2 aromatic heterocycles. The molecule has 3 amide bonds. The summed E-state index contributed by atoms with van der Waals surface area (Å²) in [5.41, 5.74) is 2.00. The number of carbonyl (C=O) groups excluding carboxylic acids is 3. The Hall–Kier alpha value is -4.81. The van der Waals surface area contributed by atoms with Gasteiger partial charge >= 0.3 is 0 Å². The molecule has 3 aromatic rings. The van der Waals surface area contributed by atoms with Crippen LogP contribution in [0.3, 0.4) is 0 Å². The van der Waals surface area contributed by atoms with Gasteiger partial charge in [-0.2, -0.15) is 0 Å². The second kappa shape index (κ2) is 17.1. The highest BCUT2D eigenvalue weighted by Gasteiger charge is 2.29. The number of hydrogen-bond acceptors (Lipinski definition) is 10. The number of benzene rings is 1. The van der Waals surface area contributed by atoms with Gasteiger partial charge in [0.25, 0.3) is 5.91 Å². The molecule has 280 valence electrons. The third-order valence-corrected chi connectivity index (χ3v) is 10.7. The van der Waals surface area contributed by atoms with Crippen molar-refractivity contribution < 1.29 is 33.3 Å². The first-order valence-electron chi connectivity index (χ1n) is 18.5. The van der Waals surface area contributed by atoms with E-state index in [-0.39, 0.29) is 36.7 Å². The summed E-state index contributed by atoms with van der Waals surface area (Å²) in [5.74, 6) is 2.90. The number of piperidine rings is 1.